The first-order chi connectivity index (χ1) is 8.72. The van der Waals surface area contributed by atoms with E-state index >= 15 is 0 Å². The maximum Gasteiger partial charge on any atom is 0.284 e. The molecular weight excluding hydrogens is 290 g/mol. The van der Waals surface area contributed by atoms with Gasteiger partial charge in [-0.15, -0.1) is 16.4 Å². The summed E-state index contributed by atoms with van der Waals surface area (Å²) in [6.07, 6.45) is 0. The number of benzene rings is 1. The van der Waals surface area contributed by atoms with Gasteiger partial charge < -0.3 is 4.42 Å². The summed E-state index contributed by atoms with van der Waals surface area (Å²) >= 11 is 12.2. The van der Waals surface area contributed by atoms with Crippen molar-refractivity contribution in [1.29, 1.82) is 0 Å². The van der Waals surface area contributed by atoms with Crippen LogP contribution in [0.4, 0.5) is 0 Å². The fraction of sp³-hybridized carbons (Fsp3) is 0. The van der Waals surface area contributed by atoms with Gasteiger partial charge >= 0.3 is 0 Å². The smallest absolute Gasteiger partial charge is 0.284 e. The van der Waals surface area contributed by atoms with Crippen molar-refractivity contribution >= 4 is 35.2 Å². The molecule has 0 saturated carbocycles. The molecule has 0 aliphatic carbocycles. The van der Waals surface area contributed by atoms with Crippen LogP contribution >= 0.6 is 35.2 Å². The molecule has 1 N–H and O–H groups in total. The van der Waals surface area contributed by atoms with Gasteiger partial charge in [-0.05, 0) is 24.4 Å². The minimum atomic E-state index is 0.242. The molecule has 4 nitrogen and oxygen atoms in total. The minimum Gasteiger partial charge on any atom is -0.408 e. The Balaban J connectivity index is 1.98. The summed E-state index contributed by atoms with van der Waals surface area (Å²) in [6.45, 7) is 0. The second kappa shape index (κ2) is 4.64. The number of nitrogens with zero attached hydrogens (tertiary/aromatic N) is 2. The number of aromatic nitrogens is 3. The van der Waals surface area contributed by atoms with E-state index in [0.717, 1.165) is 10.6 Å². The minimum absolute atomic E-state index is 0.242. The van der Waals surface area contributed by atoms with E-state index in [1.54, 1.807) is 0 Å². The molecule has 0 atom stereocenters. The van der Waals surface area contributed by atoms with Gasteiger partial charge in [0, 0.05) is 16.0 Å². The lowest BCUT2D eigenvalue weighted by Crippen LogP contribution is -1.79. The Morgan fingerprint density at radius 2 is 2.06 bits per heavy atom. The predicted molar refractivity (Wildman–Crippen MR) is 73.2 cm³/mol. The van der Waals surface area contributed by atoms with Crippen LogP contribution in [0.1, 0.15) is 0 Å². The molecule has 90 valence electrons. The number of H-pyrrole nitrogens is 1. The normalized spacial score (nSPS) is 10.7. The maximum absolute atomic E-state index is 5.85. The fourth-order valence-corrected chi connectivity index (χ4v) is 2.49. The monoisotopic (exact) mass is 295 g/mol. The van der Waals surface area contributed by atoms with E-state index in [9.17, 15) is 0 Å². The number of nitrogens with one attached hydrogen (secondary N) is 1. The number of hydrogen-bond donors (Lipinski definition) is 1. The van der Waals surface area contributed by atoms with Crippen molar-refractivity contribution < 1.29 is 4.42 Å². The van der Waals surface area contributed by atoms with Crippen LogP contribution in [-0.2, 0) is 0 Å². The highest BCUT2D eigenvalue weighted by Crippen LogP contribution is 2.28. The Morgan fingerprint density at radius 1 is 1.28 bits per heavy atom. The van der Waals surface area contributed by atoms with E-state index in [-0.39, 0.29) is 4.84 Å². The quantitative estimate of drug-likeness (QED) is 0.721. The van der Waals surface area contributed by atoms with Crippen molar-refractivity contribution in [1.82, 2.24) is 15.2 Å². The molecule has 0 fully saturated rings. The van der Waals surface area contributed by atoms with Crippen molar-refractivity contribution in [3.05, 3.63) is 39.5 Å². The first-order valence-corrected chi connectivity index (χ1v) is 6.66. The van der Waals surface area contributed by atoms with Crippen molar-refractivity contribution in [3.63, 3.8) is 0 Å². The summed E-state index contributed by atoms with van der Waals surface area (Å²) in [5.74, 6) is 0.400. The van der Waals surface area contributed by atoms with Crippen molar-refractivity contribution in [2.45, 2.75) is 0 Å². The van der Waals surface area contributed by atoms with Crippen LogP contribution in [0.3, 0.4) is 0 Å². The summed E-state index contributed by atoms with van der Waals surface area (Å²) in [4.78, 5) is 4.69. The topological polar surface area (TPSA) is 54.7 Å². The van der Waals surface area contributed by atoms with Gasteiger partial charge in [-0.3, -0.25) is 0 Å². The third-order valence-electron chi connectivity index (χ3n) is 2.25. The zero-order chi connectivity index (χ0) is 12.5. The van der Waals surface area contributed by atoms with Crippen LogP contribution in [0.25, 0.3) is 22.2 Å². The molecule has 0 amide bonds. The Kier molecular flexibility index (Phi) is 2.99. The van der Waals surface area contributed by atoms with Crippen molar-refractivity contribution in [3.8, 4) is 22.2 Å². The lowest BCUT2D eigenvalue weighted by molar-refractivity contribution is 0.550. The van der Waals surface area contributed by atoms with Gasteiger partial charge in [-0.25, -0.2) is 10.1 Å². The number of hydrogen-bond acceptors (Lipinski definition) is 5. The molecule has 2 aromatic heterocycles. The molecule has 3 aromatic rings. The lowest BCUT2D eigenvalue weighted by Gasteiger charge is -1.95. The van der Waals surface area contributed by atoms with Crippen LogP contribution in [-0.4, -0.2) is 15.2 Å². The van der Waals surface area contributed by atoms with Gasteiger partial charge in [0.1, 0.15) is 10.7 Å². The second-order valence-electron chi connectivity index (χ2n) is 3.46. The Hall–Kier alpha value is -1.50. The third-order valence-corrected chi connectivity index (χ3v) is 3.57. The highest BCUT2D eigenvalue weighted by Gasteiger charge is 2.10. The molecule has 1 aromatic carbocycles. The van der Waals surface area contributed by atoms with Gasteiger partial charge in [0.05, 0.1) is 0 Å². The van der Waals surface area contributed by atoms with Gasteiger partial charge in [0.2, 0.25) is 0 Å². The Labute approximate surface area is 116 Å². The van der Waals surface area contributed by atoms with Crippen molar-refractivity contribution in [2.24, 2.45) is 0 Å². The Morgan fingerprint density at radius 3 is 2.72 bits per heavy atom. The maximum atomic E-state index is 5.85. The number of thiazole rings is 1. The van der Waals surface area contributed by atoms with Crippen molar-refractivity contribution in [2.75, 3.05) is 0 Å². The second-order valence-corrected chi connectivity index (χ2v) is 5.13. The van der Waals surface area contributed by atoms with Crippen LogP contribution in [0.5, 0.6) is 0 Å². The molecule has 0 aliphatic rings. The number of rotatable bonds is 2. The van der Waals surface area contributed by atoms with E-state index in [1.807, 2.05) is 29.6 Å². The summed E-state index contributed by atoms with van der Waals surface area (Å²) in [7, 11) is 0. The van der Waals surface area contributed by atoms with Gasteiger partial charge in [0.15, 0.2) is 0 Å². The molecule has 18 heavy (non-hydrogen) atoms. The largest absolute Gasteiger partial charge is 0.408 e. The molecule has 7 heteroatoms. The summed E-state index contributed by atoms with van der Waals surface area (Å²) in [6, 6.07) is 7.51. The number of halogens is 1. The average Bonchev–Trinajstić information content (AvgIpc) is 2.98. The molecule has 0 unspecified atom stereocenters. The highest BCUT2D eigenvalue weighted by molar-refractivity contribution is 7.71. The van der Waals surface area contributed by atoms with E-state index in [4.69, 9.17) is 28.2 Å². The van der Waals surface area contributed by atoms with Gasteiger partial charge in [-0.2, -0.15) is 0 Å². The molecular formula is C11H6ClN3OS2. The van der Waals surface area contributed by atoms with E-state index in [2.05, 4.69) is 15.2 Å². The summed E-state index contributed by atoms with van der Waals surface area (Å²) in [5.41, 5.74) is 1.67. The zero-order valence-electron chi connectivity index (χ0n) is 8.88. The molecule has 0 bridgehead atoms. The Bertz CT molecular complexity index is 729. The van der Waals surface area contributed by atoms with E-state index < -0.39 is 0 Å². The third kappa shape index (κ3) is 2.22. The highest BCUT2D eigenvalue weighted by atomic mass is 35.5. The summed E-state index contributed by atoms with van der Waals surface area (Å²) in [5, 5.41) is 9.96. The van der Waals surface area contributed by atoms with Gasteiger partial charge in [0.25, 0.3) is 10.7 Å². The molecule has 3 rings (SSSR count). The molecule has 2 heterocycles. The van der Waals surface area contributed by atoms with Crippen LogP contribution in [0.2, 0.25) is 5.02 Å². The lowest BCUT2D eigenvalue weighted by atomic mass is 10.2. The first-order valence-electron chi connectivity index (χ1n) is 5.00. The fourth-order valence-electron chi connectivity index (χ4n) is 1.44. The average molecular weight is 296 g/mol. The molecule has 0 saturated heterocycles. The van der Waals surface area contributed by atoms with Gasteiger partial charge in [-0.1, -0.05) is 23.7 Å². The SMILES string of the molecule is S=c1[nH]nc(-c2csc(-c3ccc(Cl)cc3)n2)o1. The predicted octanol–water partition coefficient (Wildman–Crippen LogP) is 4.18. The molecule has 0 radical (unpaired) electrons. The van der Waals surface area contributed by atoms with Crippen LogP contribution in [0.15, 0.2) is 34.1 Å². The molecule has 0 aliphatic heterocycles. The molecule has 0 spiro atoms. The first kappa shape index (κ1) is 11.6. The van der Waals surface area contributed by atoms with E-state index in [1.165, 1.54) is 11.3 Å². The van der Waals surface area contributed by atoms with Crippen LogP contribution < -0.4 is 0 Å². The zero-order valence-corrected chi connectivity index (χ0v) is 11.3. The van der Waals surface area contributed by atoms with Crippen LogP contribution in [0, 0.1) is 4.84 Å². The summed E-state index contributed by atoms with van der Waals surface area (Å²) < 4.78 is 5.21. The number of aromatic amines is 1. The standard InChI is InChI=1S/C11H6ClN3OS2/c12-7-3-1-6(2-4-7)10-13-8(5-18-10)9-14-15-11(17)16-9/h1-5H,(H,15,17). The van der Waals surface area contributed by atoms with E-state index in [0.29, 0.717) is 16.6 Å².